The number of fused-ring (bicyclic) bond motifs is 3. The molecule has 1 fully saturated rings. The lowest BCUT2D eigenvalue weighted by Gasteiger charge is -2.34. The Morgan fingerprint density at radius 3 is 2.11 bits per heavy atom. The second kappa shape index (κ2) is 9.30. The highest BCUT2D eigenvalue weighted by molar-refractivity contribution is 6.73. The number of piperazine rings is 1. The zero-order chi connectivity index (χ0) is 24.6. The molecule has 1 aliphatic heterocycles. The van der Waals surface area contributed by atoms with E-state index in [-0.39, 0.29) is 24.3 Å². The molecule has 9 heteroatoms. The van der Waals surface area contributed by atoms with Gasteiger partial charge in [0.25, 0.3) is 0 Å². The number of hydrogen-bond donors (Lipinski definition) is 1. The number of carbonyl (C=O) groups is 1. The molecule has 3 aromatic rings. The van der Waals surface area contributed by atoms with Crippen molar-refractivity contribution in [3.8, 4) is 11.1 Å². The van der Waals surface area contributed by atoms with Gasteiger partial charge in [-0.05, 0) is 33.9 Å². The fourth-order valence-electron chi connectivity index (χ4n) is 5.06. The standard InChI is InChI=1S/C26H26BF3N3O2/c28-27(29,30)19-13-18(14-20(31)15-19)16-32-9-11-33(12-10-32)26(34)35-17-25-23-7-3-1-5-21(23)22-6-2-4-8-24(22)25/h1-8,13-15,25H,9-12,16-17,31H2/q-1. The molecular formula is C26H26BF3N3O2-. The number of anilines is 1. The number of nitrogen functional groups attached to an aromatic ring is 1. The second-order valence-electron chi connectivity index (χ2n) is 9.15. The molecular weight excluding hydrogens is 454 g/mol. The van der Waals surface area contributed by atoms with Crippen LogP contribution < -0.4 is 11.2 Å². The van der Waals surface area contributed by atoms with Crippen LogP contribution in [0.25, 0.3) is 11.1 Å². The van der Waals surface area contributed by atoms with Crippen LogP contribution in [0.1, 0.15) is 22.6 Å². The Morgan fingerprint density at radius 1 is 0.914 bits per heavy atom. The SMILES string of the molecule is Nc1cc(CN2CCN(C(=O)OCC3c4ccccc4-c4ccccc43)CC2)cc([B-](F)(F)F)c1. The lowest BCUT2D eigenvalue weighted by atomic mass is 9.79. The molecule has 0 atom stereocenters. The van der Waals surface area contributed by atoms with Crippen molar-refractivity contribution in [3.63, 3.8) is 0 Å². The average Bonchev–Trinajstić information content (AvgIpc) is 3.16. The van der Waals surface area contributed by atoms with Gasteiger partial charge in [-0.3, -0.25) is 4.90 Å². The van der Waals surface area contributed by atoms with E-state index >= 15 is 0 Å². The summed E-state index contributed by atoms with van der Waals surface area (Å²) in [6.07, 6.45) is -0.363. The third-order valence-electron chi connectivity index (χ3n) is 6.79. The minimum atomic E-state index is -5.10. The highest BCUT2D eigenvalue weighted by Gasteiger charge is 2.31. The van der Waals surface area contributed by atoms with Gasteiger partial charge in [0.15, 0.2) is 0 Å². The first-order chi connectivity index (χ1) is 16.8. The van der Waals surface area contributed by atoms with E-state index in [4.69, 9.17) is 10.5 Å². The lowest BCUT2D eigenvalue weighted by molar-refractivity contribution is 0.0728. The zero-order valence-electron chi connectivity index (χ0n) is 19.2. The van der Waals surface area contributed by atoms with Crippen molar-refractivity contribution < 1.29 is 22.5 Å². The maximum Gasteiger partial charge on any atom is 0.509 e. The van der Waals surface area contributed by atoms with Gasteiger partial charge in [-0.15, -0.1) is 5.46 Å². The highest BCUT2D eigenvalue weighted by atomic mass is 19.4. The molecule has 0 radical (unpaired) electrons. The first kappa shape index (κ1) is 23.3. The summed E-state index contributed by atoms with van der Waals surface area (Å²) in [6, 6.07) is 20.1. The van der Waals surface area contributed by atoms with Crippen molar-refractivity contribution in [1.29, 1.82) is 0 Å². The average molecular weight is 480 g/mol. The van der Waals surface area contributed by atoms with Crippen molar-refractivity contribution in [2.45, 2.75) is 12.5 Å². The van der Waals surface area contributed by atoms with E-state index in [1.165, 1.54) is 11.1 Å². The molecule has 0 aromatic heterocycles. The molecule has 0 spiro atoms. The highest BCUT2D eigenvalue weighted by Crippen LogP contribution is 2.44. The smallest absolute Gasteiger partial charge is 0.448 e. The molecule has 1 aliphatic carbocycles. The van der Waals surface area contributed by atoms with Gasteiger partial charge >= 0.3 is 13.1 Å². The monoisotopic (exact) mass is 480 g/mol. The van der Waals surface area contributed by atoms with Crippen molar-refractivity contribution >= 4 is 24.2 Å². The van der Waals surface area contributed by atoms with E-state index in [1.54, 1.807) is 11.0 Å². The number of nitrogens with two attached hydrogens (primary N) is 1. The van der Waals surface area contributed by atoms with Crippen molar-refractivity contribution in [3.05, 3.63) is 83.4 Å². The Balaban J connectivity index is 1.17. The van der Waals surface area contributed by atoms with E-state index in [0.717, 1.165) is 23.3 Å². The normalized spacial score (nSPS) is 16.1. The molecule has 1 amide bonds. The summed E-state index contributed by atoms with van der Waals surface area (Å²) in [5.74, 6) is 0.000560. The summed E-state index contributed by atoms with van der Waals surface area (Å²) >= 11 is 0. The summed E-state index contributed by atoms with van der Waals surface area (Å²) in [5.41, 5.74) is 10.3. The molecule has 1 heterocycles. The maximum absolute atomic E-state index is 13.2. The van der Waals surface area contributed by atoms with Crippen LogP contribution >= 0.6 is 0 Å². The minimum absolute atomic E-state index is 0.000560. The van der Waals surface area contributed by atoms with Gasteiger partial charge in [0, 0.05) is 44.3 Å². The molecule has 2 N–H and O–H groups in total. The number of rotatable bonds is 5. The number of hydrogen-bond acceptors (Lipinski definition) is 4. The van der Waals surface area contributed by atoms with Crippen LogP contribution in [-0.2, 0) is 11.3 Å². The Hall–Kier alpha value is -3.46. The molecule has 5 nitrogen and oxygen atoms in total. The van der Waals surface area contributed by atoms with Crippen LogP contribution in [0.5, 0.6) is 0 Å². The quantitative estimate of drug-likeness (QED) is 0.435. The minimum Gasteiger partial charge on any atom is -0.448 e. The molecule has 2 aliphatic rings. The van der Waals surface area contributed by atoms with Gasteiger partial charge in [0.05, 0.1) is 0 Å². The van der Waals surface area contributed by atoms with Gasteiger partial charge in [0.2, 0.25) is 0 Å². The van der Waals surface area contributed by atoms with E-state index in [2.05, 4.69) is 24.3 Å². The third kappa shape index (κ3) is 4.86. The fourth-order valence-corrected chi connectivity index (χ4v) is 5.06. The molecule has 35 heavy (non-hydrogen) atoms. The lowest BCUT2D eigenvalue weighted by Crippen LogP contribution is -2.48. The van der Waals surface area contributed by atoms with Crippen LogP contribution in [0, 0.1) is 0 Å². The molecule has 0 saturated carbocycles. The molecule has 0 unspecified atom stereocenters. The summed E-state index contributed by atoms with van der Waals surface area (Å²) in [4.78, 5) is 16.5. The largest absolute Gasteiger partial charge is 0.509 e. The van der Waals surface area contributed by atoms with Crippen molar-refractivity contribution in [2.75, 3.05) is 38.5 Å². The van der Waals surface area contributed by atoms with Crippen LogP contribution in [0.15, 0.2) is 66.7 Å². The predicted molar refractivity (Wildman–Crippen MR) is 131 cm³/mol. The number of amides is 1. The summed E-state index contributed by atoms with van der Waals surface area (Å²) in [5, 5.41) is 0. The number of halogens is 3. The Kier molecular flexibility index (Phi) is 6.19. The third-order valence-corrected chi connectivity index (χ3v) is 6.79. The zero-order valence-corrected chi connectivity index (χ0v) is 19.2. The Bertz CT molecular complexity index is 1200. The number of nitrogens with zero attached hydrogens (tertiary/aromatic N) is 2. The molecule has 3 aromatic carbocycles. The summed E-state index contributed by atoms with van der Waals surface area (Å²) in [7, 11) is 0. The molecule has 5 rings (SSSR count). The maximum atomic E-state index is 13.2. The number of benzene rings is 3. The van der Waals surface area contributed by atoms with Crippen LogP contribution in [0.4, 0.5) is 23.4 Å². The predicted octanol–water partition coefficient (Wildman–Crippen LogP) is 4.39. The fraction of sp³-hybridized carbons (Fsp3) is 0.269. The summed E-state index contributed by atoms with van der Waals surface area (Å²) < 4.78 is 45.2. The van der Waals surface area contributed by atoms with E-state index in [0.29, 0.717) is 38.3 Å². The van der Waals surface area contributed by atoms with E-state index in [1.807, 2.05) is 29.2 Å². The second-order valence-corrected chi connectivity index (χ2v) is 9.15. The van der Waals surface area contributed by atoms with Crippen LogP contribution in [-0.4, -0.2) is 55.7 Å². The number of ether oxygens (including phenoxy) is 1. The Labute approximate surface area is 202 Å². The van der Waals surface area contributed by atoms with Gasteiger partial charge in [-0.1, -0.05) is 60.7 Å². The topological polar surface area (TPSA) is 58.8 Å². The number of carbonyl (C=O) groups excluding carboxylic acids is 1. The van der Waals surface area contributed by atoms with Gasteiger partial charge in [0.1, 0.15) is 6.61 Å². The molecule has 0 bridgehead atoms. The molecule has 1 saturated heterocycles. The first-order valence-electron chi connectivity index (χ1n) is 11.7. The van der Waals surface area contributed by atoms with E-state index in [9.17, 15) is 17.7 Å². The first-order valence-corrected chi connectivity index (χ1v) is 11.7. The van der Waals surface area contributed by atoms with Gasteiger partial charge < -0.3 is 28.3 Å². The van der Waals surface area contributed by atoms with Crippen molar-refractivity contribution in [1.82, 2.24) is 9.80 Å². The van der Waals surface area contributed by atoms with Gasteiger partial charge in [-0.25, -0.2) is 4.79 Å². The van der Waals surface area contributed by atoms with Crippen LogP contribution in [0.2, 0.25) is 0 Å². The van der Waals surface area contributed by atoms with Gasteiger partial charge in [-0.2, -0.15) is 0 Å². The van der Waals surface area contributed by atoms with Crippen molar-refractivity contribution in [2.24, 2.45) is 0 Å². The Morgan fingerprint density at radius 2 is 1.51 bits per heavy atom. The van der Waals surface area contributed by atoms with E-state index < -0.39 is 12.4 Å². The molecule has 182 valence electrons. The summed E-state index contributed by atoms with van der Waals surface area (Å²) in [6.45, 7) is -2.49. The van der Waals surface area contributed by atoms with Crippen LogP contribution in [0.3, 0.4) is 0 Å².